The zero-order valence-electron chi connectivity index (χ0n) is 9.76. The van der Waals surface area contributed by atoms with Crippen LogP contribution in [0.4, 0.5) is 5.69 Å². The molecular weight excluding hydrogens is 210 g/mol. The van der Waals surface area contributed by atoms with Crippen molar-refractivity contribution >= 4 is 17.8 Å². The molecule has 0 aliphatic rings. The number of benzene rings is 2. The fourth-order valence-corrected chi connectivity index (χ4v) is 1.58. The molecule has 0 bridgehead atoms. The number of anilines is 1. The van der Waals surface area contributed by atoms with Crippen LogP contribution in [0.15, 0.2) is 48.5 Å². The molecule has 2 aromatic carbocycles. The van der Waals surface area contributed by atoms with E-state index in [9.17, 15) is 0 Å². The normalized spacial score (nSPS) is 10.6. The third-order valence-corrected chi connectivity index (χ3v) is 2.55. The summed E-state index contributed by atoms with van der Waals surface area (Å²) in [5, 5.41) is 0. The molecule has 0 radical (unpaired) electrons. The Morgan fingerprint density at radius 2 is 1.76 bits per heavy atom. The number of methoxy groups -OCH3 is 1. The van der Waals surface area contributed by atoms with Gasteiger partial charge in [-0.15, -0.1) is 0 Å². The number of ether oxygens (including phenoxy) is 1. The highest BCUT2D eigenvalue weighted by Crippen LogP contribution is 2.21. The van der Waals surface area contributed by atoms with Crippen LogP contribution in [0.5, 0.6) is 5.75 Å². The van der Waals surface area contributed by atoms with Gasteiger partial charge in [0.15, 0.2) is 0 Å². The third-order valence-electron chi connectivity index (χ3n) is 2.55. The van der Waals surface area contributed by atoms with Crippen molar-refractivity contribution in [3.8, 4) is 5.75 Å². The lowest BCUT2D eigenvalue weighted by Crippen LogP contribution is -1.91. The molecule has 86 valence electrons. The standard InChI is InChI=1S/C15H15NO/c1-17-14-10-9-13(15(16)11-14)8-7-12-5-3-2-4-6-12/h2-11H,16H2,1H3/b8-7+. The van der Waals surface area contributed by atoms with Gasteiger partial charge in [0.05, 0.1) is 7.11 Å². The molecule has 0 heterocycles. The first-order chi connectivity index (χ1) is 8.29. The van der Waals surface area contributed by atoms with Crippen molar-refractivity contribution in [3.63, 3.8) is 0 Å². The molecule has 0 unspecified atom stereocenters. The quantitative estimate of drug-likeness (QED) is 0.641. The maximum Gasteiger partial charge on any atom is 0.120 e. The molecule has 2 rings (SSSR count). The molecule has 0 aliphatic heterocycles. The molecule has 2 N–H and O–H groups in total. The van der Waals surface area contributed by atoms with E-state index in [0.29, 0.717) is 0 Å². The Labute approximate surface area is 101 Å². The summed E-state index contributed by atoms with van der Waals surface area (Å²) in [5.41, 5.74) is 8.80. The van der Waals surface area contributed by atoms with Gasteiger partial charge in [-0.05, 0) is 23.3 Å². The predicted octanol–water partition coefficient (Wildman–Crippen LogP) is 3.45. The summed E-state index contributed by atoms with van der Waals surface area (Å²) in [6.07, 6.45) is 4.04. The molecule has 2 heteroatoms. The van der Waals surface area contributed by atoms with E-state index in [1.807, 2.05) is 48.6 Å². The van der Waals surface area contributed by atoms with Gasteiger partial charge in [-0.2, -0.15) is 0 Å². The molecule has 0 atom stereocenters. The minimum atomic E-state index is 0.719. The smallest absolute Gasteiger partial charge is 0.120 e. The highest BCUT2D eigenvalue weighted by atomic mass is 16.5. The van der Waals surface area contributed by atoms with Gasteiger partial charge in [-0.3, -0.25) is 0 Å². The van der Waals surface area contributed by atoms with Crippen molar-refractivity contribution in [2.75, 3.05) is 12.8 Å². The van der Waals surface area contributed by atoms with Crippen LogP contribution in [0, 0.1) is 0 Å². The summed E-state index contributed by atoms with van der Waals surface area (Å²) in [6.45, 7) is 0. The second-order valence-electron chi connectivity index (χ2n) is 3.74. The van der Waals surface area contributed by atoms with Gasteiger partial charge < -0.3 is 10.5 Å². The fraction of sp³-hybridized carbons (Fsp3) is 0.0667. The molecule has 2 nitrogen and oxygen atoms in total. The maximum atomic E-state index is 5.93. The molecule has 2 aromatic rings. The summed E-state index contributed by atoms with van der Waals surface area (Å²) >= 11 is 0. The van der Waals surface area contributed by atoms with Gasteiger partial charge in [0, 0.05) is 11.8 Å². The minimum Gasteiger partial charge on any atom is -0.497 e. The second-order valence-corrected chi connectivity index (χ2v) is 3.74. The van der Waals surface area contributed by atoms with Crippen molar-refractivity contribution in [2.45, 2.75) is 0 Å². The lowest BCUT2D eigenvalue weighted by molar-refractivity contribution is 0.415. The zero-order chi connectivity index (χ0) is 12.1. The Morgan fingerprint density at radius 3 is 2.41 bits per heavy atom. The molecule has 17 heavy (non-hydrogen) atoms. The molecule has 0 saturated carbocycles. The van der Waals surface area contributed by atoms with E-state index in [2.05, 4.69) is 12.1 Å². The van der Waals surface area contributed by atoms with Gasteiger partial charge >= 0.3 is 0 Å². The lowest BCUT2D eigenvalue weighted by Gasteiger charge is -2.04. The first-order valence-corrected chi connectivity index (χ1v) is 5.46. The van der Waals surface area contributed by atoms with Crippen molar-refractivity contribution in [1.82, 2.24) is 0 Å². The number of nitrogens with two attached hydrogens (primary N) is 1. The Kier molecular flexibility index (Phi) is 3.46. The van der Waals surface area contributed by atoms with Gasteiger partial charge in [-0.1, -0.05) is 42.5 Å². The Bertz CT molecular complexity index is 518. The SMILES string of the molecule is COc1ccc(/C=C/c2ccccc2)c(N)c1. The average molecular weight is 225 g/mol. The van der Waals surface area contributed by atoms with Crippen molar-refractivity contribution in [3.05, 3.63) is 59.7 Å². The minimum absolute atomic E-state index is 0.719. The van der Waals surface area contributed by atoms with Gasteiger partial charge in [0.25, 0.3) is 0 Å². The van der Waals surface area contributed by atoms with Crippen LogP contribution in [0.1, 0.15) is 11.1 Å². The van der Waals surface area contributed by atoms with E-state index in [4.69, 9.17) is 10.5 Å². The van der Waals surface area contributed by atoms with E-state index in [1.54, 1.807) is 7.11 Å². The van der Waals surface area contributed by atoms with Crippen LogP contribution in [0.3, 0.4) is 0 Å². The molecule has 0 amide bonds. The first-order valence-electron chi connectivity index (χ1n) is 5.46. The summed E-state index contributed by atoms with van der Waals surface area (Å²) in [6, 6.07) is 15.8. The van der Waals surface area contributed by atoms with Gasteiger partial charge in [0.1, 0.15) is 5.75 Å². The van der Waals surface area contributed by atoms with E-state index >= 15 is 0 Å². The van der Waals surface area contributed by atoms with E-state index in [-0.39, 0.29) is 0 Å². The van der Waals surface area contributed by atoms with E-state index in [1.165, 1.54) is 0 Å². The van der Waals surface area contributed by atoms with Gasteiger partial charge in [0.2, 0.25) is 0 Å². The fourth-order valence-electron chi connectivity index (χ4n) is 1.58. The number of hydrogen-bond donors (Lipinski definition) is 1. The lowest BCUT2D eigenvalue weighted by atomic mass is 10.1. The van der Waals surface area contributed by atoms with Crippen LogP contribution in [0.2, 0.25) is 0 Å². The summed E-state index contributed by atoms with van der Waals surface area (Å²) in [7, 11) is 1.63. The predicted molar refractivity (Wildman–Crippen MR) is 72.8 cm³/mol. The first kappa shape index (κ1) is 11.3. The van der Waals surface area contributed by atoms with Crippen LogP contribution < -0.4 is 10.5 Å². The molecule has 0 spiro atoms. The maximum absolute atomic E-state index is 5.93. The van der Waals surface area contributed by atoms with Crippen molar-refractivity contribution in [2.24, 2.45) is 0 Å². The third kappa shape index (κ3) is 2.88. The molecular formula is C15H15NO. The second kappa shape index (κ2) is 5.21. The van der Waals surface area contributed by atoms with E-state index < -0.39 is 0 Å². The topological polar surface area (TPSA) is 35.2 Å². The molecule has 0 aliphatic carbocycles. The number of nitrogen functional groups attached to an aromatic ring is 1. The highest BCUT2D eigenvalue weighted by molar-refractivity contribution is 5.76. The highest BCUT2D eigenvalue weighted by Gasteiger charge is 1.97. The summed E-state index contributed by atoms with van der Waals surface area (Å²) < 4.78 is 5.11. The van der Waals surface area contributed by atoms with Crippen molar-refractivity contribution in [1.29, 1.82) is 0 Å². The summed E-state index contributed by atoms with van der Waals surface area (Å²) in [4.78, 5) is 0. The van der Waals surface area contributed by atoms with E-state index in [0.717, 1.165) is 22.6 Å². The largest absolute Gasteiger partial charge is 0.497 e. The zero-order valence-corrected chi connectivity index (χ0v) is 9.76. The Hall–Kier alpha value is -2.22. The Balaban J connectivity index is 2.22. The van der Waals surface area contributed by atoms with Crippen LogP contribution in [-0.2, 0) is 0 Å². The van der Waals surface area contributed by atoms with Crippen LogP contribution in [-0.4, -0.2) is 7.11 Å². The summed E-state index contributed by atoms with van der Waals surface area (Å²) in [5.74, 6) is 0.777. The number of rotatable bonds is 3. The Morgan fingerprint density at radius 1 is 1.00 bits per heavy atom. The number of hydrogen-bond acceptors (Lipinski definition) is 2. The molecule has 0 fully saturated rings. The average Bonchev–Trinajstić information content (AvgIpc) is 2.38. The monoisotopic (exact) mass is 225 g/mol. The molecule has 0 saturated heterocycles. The molecule has 0 aromatic heterocycles. The van der Waals surface area contributed by atoms with Crippen LogP contribution >= 0.6 is 0 Å². The van der Waals surface area contributed by atoms with Crippen LogP contribution in [0.25, 0.3) is 12.2 Å². The van der Waals surface area contributed by atoms with Gasteiger partial charge in [-0.25, -0.2) is 0 Å². The van der Waals surface area contributed by atoms with Crippen molar-refractivity contribution < 1.29 is 4.74 Å².